The molecular formula is C16H22BrF3N4O. The molecule has 25 heavy (non-hydrogen) atoms. The number of benzene rings is 1. The Balaban J connectivity index is 1.67. The van der Waals surface area contributed by atoms with Gasteiger partial charge in [-0.25, -0.2) is 0 Å². The van der Waals surface area contributed by atoms with E-state index in [4.69, 9.17) is 4.74 Å². The molecule has 1 atom stereocenters. The Morgan fingerprint density at radius 1 is 1.44 bits per heavy atom. The Hall–Kier alpha value is -1.48. The van der Waals surface area contributed by atoms with Crippen molar-refractivity contribution in [3.8, 4) is 5.75 Å². The molecule has 1 saturated heterocycles. The van der Waals surface area contributed by atoms with Crippen molar-refractivity contribution in [2.45, 2.75) is 18.6 Å². The van der Waals surface area contributed by atoms with Crippen LogP contribution in [0.3, 0.4) is 0 Å². The van der Waals surface area contributed by atoms with E-state index in [-0.39, 0.29) is 6.04 Å². The van der Waals surface area contributed by atoms with Gasteiger partial charge in [0.15, 0.2) is 5.96 Å². The van der Waals surface area contributed by atoms with Crippen molar-refractivity contribution in [1.82, 2.24) is 15.5 Å². The van der Waals surface area contributed by atoms with E-state index in [0.29, 0.717) is 38.6 Å². The summed E-state index contributed by atoms with van der Waals surface area (Å²) in [5.41, 5.74) is 0. The topological polar surface area (TPSA) is 48.9 Å². The first kappa shape index (κ1) is 19.8. The number of alkyl halides is 3. The Morgan fingerprint density at radius 3 is 2.92 bits per heavy atom. The summed E-state index contributed by atoms with van der Waals surface area (Å²) in [4.78, 5) is 5.50. The van der Waals surface area contributed by atoms with E-state index in [0.717, 1.165) is 10.2 Å². The highest BCUT2D eigenvalue weighted by molar-refractivity contribution is 9.10. The van der Waals surface area contributed by atoms with Gasteiger partial charge < -0.3 is 15.4 Å². The molecule has 5 nitrogen and oxygen atoms in total. The molecule has 1 unspecified atom stereocenters. The summed E-state index contributed by atoms with van der Waals surface area (Å²) in [7, 11) is 1.63. The molecule has 140 valence electrons. The highest BCUT2D eigenvalue weighted by atomic mass is 79.9. The second-order valence-electron chi connectivity index (χ2n) is 5.79. The Bertz CT molecular complexity index is 583. The predicted molar refractivity (Wildman–Crippen MR) is 95.0 cm³/mol. The van der Waals surface area contributed by atoms with Gasteiger partial charge in [0.25, 0.3) is 0 Å². The fourth-order valence-corrected chi connectivity index (χ4v) is 3.01. The summed E-state index contributed by atoms with van der Waals surface area (Å²) in [6.45, 7) is 0.903. The minimum Gasteiger partial charge on any atom is -0.492 e. The monoisotopic (exact) mass is 422 g/mol. The van der Waals surface area contributed by atoms with Gasteiger partial charge in [0, 0.05) is 30.7 Å². The molecule has 0 spiro atoms. The Labute approximate surface area is 153 Å². The molecule has 9 heteroatoms. The van der Waals surface area contributed by atoms with E-state index in [1.54, 1.807) is 7.05 Å². The number of nitrogens with one attached hydrogen (secondary N) is 2. The van der Waals surface area contributed by atoms with Crippen LogP contribution in [0, 0.1) is 0 Å². The third kappa shape index (κ3) is 7.52. The second kappa shape index (κ2) is 9.28. The molecule has 0 aromatic heterocycles. The third-order valence-electron chi connectivity index (χ3n) is 3.70. The van der Waals surface area contributed by atoms with Gasteiger partial charge in [-0.15, -0.1) is 0 Å². The summed E-state index contributed by atoms with van der Waals surface area (Å²) >= 11 is 3.38. The standard InChI is InChI=1S/C16H22BrF3N4O/c1-21-15(22-6-8-25-14-4-2-3-12(17)9-14)23-13-5-7-24(10-13)11-16(18,19)20/h2-4,9,13H,5-8,10-11H2,1H3,(H2,21,22,23). The number of nitrogens with zero attached hydrogens (tertiary/aromatic N) is 2. The largest absolute Gasteiger partial charge is 0.492 e. The van der Waals surface area contributed by atoms with Gasteiger partial charge in [-0.1, -0.05) is 22.0 Å². The van der Waals surface area contributed by atoms with Crippen molar-refractivity contribution in [1.29, 1.82) is 0 Å². The number of rotatable bonds is 6. The zero-order chi connectivity index (χ0) is 18.3. The molecule has 1 fully saturated rings. The minimum absolute atomic E-state index is 0.0421. The summed E-state index contributed by atoms with van der Waals surface area (Å²) in [5, 5.41) is 6.26. The molecule has 1 aromatic rings. The summed E-state index contributed by atoms with van der Waals surface area (Å²) in [6.07, 6.45) is -3.50. The first-order valence-electron chi connectivity index (χ1n) is 8.00. The fourth-order valence-electron chi connectivity index (χ4n) is 2.63. The van der Waals surface area contributed by atoms with Crippen molar-refractivity contribution in [2.75, 3.05) is 39.8 Å². The van der Waals surface area contributed by atoms with E-state index < -0.39 is 12.7 Å². The number of guanidine groups is 1. The first-order chi connectivity index (χ1) is 11.9. The van der Waals surface area contributed by atoms with Gasteiger partial charge in [0.05, 0.1) is 13.1 Å². The summed E-state index contributed by atoms with van der Waals surface area (Å²) in [5.74, 6) is 1.33. The highest BCUT2D eigenvalue weighted by Gasteiger charge is 2.34. The molecule has 0 amide bonds. The van der Waals surface area contributed by atoms with Gasteiger partial charge in [0.1, 0.15) is 12.4 Å². The van der Waals surface area contributed by atoms with Crippen molar-refractivity contribution in [3.63, 3.8) is 0 Å². The summed E-state index contributed by atoms with van der Waals surface area (Å²) < 4.78 is 43.8. The zero-order valence-electron chi connectivity index (χ0n) is 13.9. The van der Waals surface area contributed by atoms with Gasteiger partial charge in [-0.2, -0.15) is 13.2 Å². The van der Waals surface area contributed by atoms with Crippen LogP contribution in [-0.2, 0) is 0 Å². The number of likely N-dealkylation sites (tertiary alicyclic amines) is 1. The fraction of sp³-hybridized carbons (Fsp3) is 0.562. The summed E-state index contributed by atoms with van der Waals surface area (Å²) in [6, 6.07) is 7.51. The van der Waals surface area contributed by atoms with Gasteiger partial charge in [-0.3, -0.25) is 9.89 Å². The SMILES string of the molecule is CN=C(NCCOc1cccc(Br)c1)NC1CCN(CC(F)(F)F)C1. The third-order valence-corrected chi connectivity index (χ3v) is 4.19. The van der Waals surface area contributed by atoms with Crippen LogP contribution in [0.5, 0.6) is 5.75 Å². The number of halogens is 4. The minimum atomic E-state index is -4.15. The van der Waals surface area contributed by atoms with Crippen LogP contribution < -0.4 is 15.4 Å². The lowest BCUT2D eigenvalue weighted by Crippen LogP contribution is -2.46. The average Bonchev–Trinajstić information content (AvgIpc) is 2.95. The number of aliphatic imine (C=N–C) groups is 1. The number of hydrogen-bond acceptors (Lipinski definition) is 3. The van der Waals surface area contributed by atoms with Gasteiger partial charge in [-0.05, 0) is 24.6 Å². The highest BCUT2D eigenvalue weighted by Crippen LogP contribution is 2.20. The molecule has 2 rings (SSSR count). The van der Waals surface area contributed by atoms with E-state index >= 15 is 0 Å². The lowest BCUT2D eigenvalue weighted by atomic mass is 10.3. The molecule has 2 N–H and O–H groups in total. The smallest absolute Gasteiger partial charge is 0.401 e. The molecule has 0 bridgehead atoms. The van der Waals surface area contributed by atoms with Gasteiger partial charge >= 0.3 is 6.18 Å². The average molecular weight is 423 g/mol. The normalized spacial score (nSPS) is 19.1. The van der Waals surface area contributed by atoms with E-state index in [9.17, 15) is 13.2 Å². The molecule has 0 aliphatic carbocycles. The Kier molecular flexibility index (Phi) is 7.37. The molecule has 0 saturated carbocycles. The van der Waals surface area contributed by atoms with Crippen molar-refractivity contribution in [2.24, 2.45) is 4.99 Å². The van der Waals surface area contributed by atoms with E-state index in [1.165, 1.54) is 4.90 Å². The van der Waals surface area contributed by atoms with Gasteiger partial charge in [0.2, 0.25) is 0 Å². The van der Waals surface area contributed by atoms with Crippen LogP contribution in [0.4, 0.5) is 13.2 Å². The van der Waals surface area contributed by atoms with Crippen molar-refractivity contribution < 1.29 is 17.9 Å². The van der Waals surface area contributed by atoms with E-state index in [2.05, 4.69) is 31.6 Å². The van der Waals surface area contributed by atoms with Crippen molar-refractivity contribution in [3.05, 3.63) is 28.7 Å². The number of hydrogen-bond donors (Lipinski definition) is 2. The first-order valence-corrected chi connectivity index (χ1v) is 8.79. The molecule has 1 aliphatic heterocycles. The van der Waals surface area contributed by atoms with Crippen LogP contribution in [0.2, 0.25) is 0 Å². The maximum Gasteiger partial charge on any atom is 0.401 e. The van der Waals surface area contributed by atoms with Crippen molar-refractivity contribution >= 4 is 21.9 Å². The van der Waals surface area contributed by atoms with Crippen LogP contribution in [-0.4, -0.2) is 62.9 Å². The Morgan fingerprint density at radius 2 is 2.24 bits per heavy atom. The predicted octanol–water partition coefficient (Wildman–Crippen LogP) is 2.63. The maximum absolute atomic E-state index is 12.4. The van der Waals surface area contributed by atoms with Crippen LogP contribution in [0.1, 0.15) is 6.42 Å². The zero-order valence-corrected chi connectivity index (χ0v) is 15.5. The molecular weight excluding hydrogens is 401 g/mol. The lowest BCUT2D eigenvalue weighted by molar-refractivity contribution is -0.143. The lowest BCUT2D eigenvalue weighted by Gasteiger charge is -2.19. The number of ether oxygens (including phenoxy) is 1. The maximum atomic E-state index is 12.4. The van der Waals surface area contributed by atoms with E-state index in [1.807, 2.05) is 24.3 Å². The molecule has 1 heterocycles. The van der Waals surface area contributed by atoms with Crippen LogP contribution >= 0.6 is 15.9 Å². The molecule has 1 aromatic carbocycles. The molecule has 1 aliphatic rings. The second-order valence-corrected chi connectivity index (χ2v) is 6.70. The molecule has 0 radical (unpaired) electrons. The van der Waals surface area contributed by atoms with Crippen LogP contribution in [0.15, 0.2) is 33.7 Å². The van der Waals surface area contributed by atoms with Crippen LogP contribution in [0.25, 0.3) is 0 Å². The quantitative estimate of drug-likeness (QED) is 0.420.